The molecule has 0 saturated carbocycles. The highest BCUT2D eigenvalue weighted by Crippen LogP contribution is 2.42. The number of ether oxygens (including phenoxy) is 1. The minimum atomic E-state index is -1.81. The summed E-state index contributed by atoms with van der Waals surface area (Å²) in [6.45, 7) is 4.35. The fraction of sp³-hybridized carbons (Fsp3) is 0.196. The van der Waals surface area contributed by atoms with E-state index in [0.29, 0.717) is 34.9 Å². The third-order valence-corrected chi connectivity index (χ3v) is 15.3. The van der Waals surface area contributed by atoms with Gasteiger partial charge in [-0.25, -0.2) is 9.78 Å². The fourth-order valence-corrected chi connectivity index (χ4v) is 12.0. The maximum absolute atomic E-state index is 14.8. The van der Waals surface area contributed by atoms with Crippen LogP contribution in [0, 0.1) is 0 Å². The van der Waals surface area contributed by atoms with Crippen LogP contribution in [0.2, 0.25) is 0 Å². The van der Waals surface area contributed by atoms with Crippen LogP contribution in [0.5, 0.6) is 11.5 Å². The lowest BCUT2D eigenvalue weighted by atomic mass is 9.77. The SMILES string of the molecule is CC(C)O/N=C(/C(=O)NC1C(=O)N2C(C(=O)OC(c3ccccc3)c3ccccc3)=C(CN3Cc4cc(O)c(O)cc4C3)CS(=O)[C@H]12)c1csc(NC(c2ccccc2)(c2ccccc2)c2ccccc2)n1. The number of phenolic OH excluding ortho intramolecular Hbond substituents is 2. The van der Waals surface area contributed by atoms with Gasteiger partial charge < -0.3 is 30.4 Å². The number of aromatic hydroxyl groups is 2. The molecule has 1 saturated heterocycles. The van der Waals surface area contributed by atoms with Crippen LogP contribution in [0.4, 0.5) is 5.13 Å². The average molecular weight is 999 g/mol. The summed E-state index contributed by atoms with van der Waals surface area (Å²) in [5.41, 5.74) is 5.21. The predicted octanol–water partition coefficient (Wildman–Crippen LogP) is 8.11. The number of carbonyl (C=O) groups excluding carboxylic acids is 3. The van der Waals surface area contributed by atoms with Crippen molar-refractivity contribution < 1.29 is 38.4 Å². The van der Waals surface area contributed by atoms with Crippen LogP contribution in [0.25, 0.3) is 0 Å². The number of amides is 2. The third kappa shape index (κ3) is 9.39. The molecule has 2 amide bonds. The molecule has 0 spiro atoms. The molecule has 14 nitrogen and oxygen atoms in total. The summed E-state index contributed by atoms with van der Waals surface area (Å²) in [4.78, 5) is 57.8. The molecule has 3 aliphatic rings. The Morgan fingerprint density at radius 1 is 0.792 bits per heavy atom. The number of rotatable bonds is 16. The van der Waals surface area contributed by atoms with Gasteiger partial charge in [0.2, 0.25) is 0 Å². The number of hydrogen-bond donors (Lipinski definition) is 4. The van der Waals surface area contributed by atoms with Gasteiger partial charge in [-0.15, -0.1) is 11.3 Å². The Kier molecular flexibility index (Phi) is 13.5. The number of aromatic nitrogens is 1. The van der Waals surface area contributed by atoms with Crippen molar-refractivity contribution in [2.24, 2.45) is 5.16 Å². The lowest BCUT2D eigenvalue weighted by molar-refractivity contribution is -0.154. The zero-order valence-electron chi connectivity index (χ0n) is 39.3. The van der Waals surface area contributed by atoms with E-state index in [9.17, 15) is 28.8 Å². The first kappa shape index (κ1) is 47.7. The predicted molar refractivity (Wildman–Crippen MR) is 275 cm³/mol. The number of fused-ring (bicyclic) bond motifs is 2. The van der Waals surface area contributed by atoms with Gasteiger partial charge in [0.05, 0.1) is 16.6 Å². The summed E-state index contributed by atoms with van der Waals surface area (Å²) in [6.07, 6.45) is -1.28. The Morgan fingerprint density at radius 3 is 1.79 bits per heavy atom. The molecule has 10 rings (SSSR count). The maximum Gasteiger partial charge on any atom is 0.356 e. The topological polar surface area (TPSA) is 183 Å². The quantitative estimate of drug-likeness (QED) is 0.0183. The number of thiazole rings is 1. The van der Waals surface area contributed by atoms with Crippen molar-refractivity contribution in [3.63, 3.8) is 0 Å². The second-order valence-corrected chi connectivity index (χ2v) is 20.4. The normalized spacial score (nSPS) is 17.8. The van der Waals surface area contributed by atoms with E-state index in [1.807, 2.05) is 157 Å². The molecule has 72 heavy (non-hydrogen) atoms. The van der Waals surface area contributed by atoms with Gasteiger partial charge in [-0.3, -0.25) is 23.6 Å². The molecule has 0 bridgehead atoms. The van der Waals surface area contributed by atoms with Gasteiger partial charge in [-0.2, -0.15) is 0 Å². The number of carbonyl (C=O) groups is 3. The molecule has 0 radical (unpaired) electrons. The molecule has 16 heteroatoms. The molecule has 7 aromatic rings. The van der Waals surface area contributed by atoms with Crippen molar-refractivity contribution in [3.8, 4) is 11.5 Å². The highest BCUT2D eigenvalue weighted by Gasteiger charge is 2.58. The number of esters is 1. The molecule has 4 heterocycles. The molecule has 1 fully saturated rings. The molecule has 0 aliphatic carbocycles. The summed E-state index contributed by atoms with van der Waals surface area (Å²) < 4.78 is 20.8. The van der Waals surface area contributed by atoms with E-state index in [4.69, 9.17) is 14.6 Å². The van der Waals surface area contributed by atoms with E-state index in [1.165, 1.54) is 28.4 Å². The maximum atomic E-state index is 14.8. The first-order chi connectivity index (χ1) is 35.0. The van der Waals surface area contributed by atoms with Gasteiger partial charge >= 0.3 is 5.97 Å². The lowest BCUT2D eigenvalue weighted by Gasteiger charge is -2.49. The fourth-order valence-electron chi connectivity index (χ4n) is 9.54. The zero-order valence-corrected chi connectivity index (χ0v) is 40.9. The van der Waals surface area contributed by atoms with Gasteiger partial charge in [-0.05, 0) is 70.5 Å². The Balaban J connectivity index is 0.957. The van der Waals surface area contributed by atoms with Crippen LogP contribution in [0.3, 0.4) is 0 Å². The van der Waals surface area contributed by atoms with E-state index in [2.05, 4.69) is 15.8 Å². The van der Waals surface area contributed by atoms with Crippen LogP contribution in [0.15, 0.2) is 186 Å². The highest BCUT2D eigenvalue weighted by molar-refractivity contribution is 7.86. The number of oxime groups is 1. The van der Waals surface area contributed by atoms with Crippen LogP contribution < -0.4 is 10.6 Å². The van der Waals surface area contributed by atoms with Crippen molar-refractivity contribution in [3.05, 3.63) is 225 Å². The highest BCUT2D eigenvalue weighted by atomic mass is 32.2. The number of nitrogens with one attached hydrogen (secondary N) is 2. The summed E-state index contributed by atoms with van der Waals surface area (Å²) in [5, 5.41) is 32.3. The minimum Gasteiger partial charge on any atom is -0.504 e. The van der Waals surface area contributed by atoms with Gasteiger partial charge in [0.25, 0.3) is 11.8 Å². The Bertz CT molecular complexity index is 3040. The lowest BCUT2D eigenvalue weighted by Crippen LogP contribution is -2.74. The number of hydrogen-bond acceptors (Lipinski definition) is 13. The van der Waals surface area contributed by atoms with Crippen LogP contribution in [-0.4, -0.2) is 82.5 Å². The second kappa shape index (κ2) is 20.4. The van der Waals surface area contributed by atoms with E-state index in [-0.39, 0.29) is 40.9 Å². The number of phenols is 2. The molecule has 2 unspecified atom stereocenters. The van der Waals surface area contributed by atoms with Gasteiger partial charge in [-0.1, -0.05) is 157 Å². The monoisotopic (exact) mass is 998 g/mol. The first-order valence-corrected chi connectivity index (χ1v) is 25.7. The smallest absolute Gasteiger partial charge is 0.356 e. The van der Waals surface area contributed by atoms with Crippen molar-refractivity contribution in [2.75, 3.05) is 17.6 Å². The molecule has 3 aliphatic heterocycles. The Hall–Kier alpha value is -7.92. The molecular weight excluding hydrogens is 949 g/mol. The van der Waals surface area contributed by atoms with E-state index < -0.39 is 57.7 Å². The van der Waals surface area contributed by atoms with Crippen LogP contribution >= 0.6 is 11.3 Å². The van der Waals surface area contributed by atoms with Crippen LogP contribution in [-0.2, 0) is 53.4 Å². The van der Waals surface area contributed by atoms with E-state index >= 15 is 0 Å². The molecule has 1 aromatic heterocycles. The number of nitrogens with zero attached hydrogens (tertiary/aromatic N) is 4. The van der Waals surface area contributed by atoms with E-state index in [1.54, 1.807) is 19.2 Å². The molecule has 4 N–H and O–H groups in total. The summed E-state index contributed by atoms with van der Waals surface area (Å²) in [7, 11) is -1.81. The number of anilines is 1. The zero-order chi connectivity index (χ0) is 49.9. The third-order valence-electron chi connectivity index (χ3n) is 12.8. The van der Waals surface area contributed by atoms with Gasteiger partial charge in [0, 0.05) is 25.0 Å². The molecule has 3 atom stereocenters. The minimum absolute atomic E-state index is 0.0559. The molecular formula is C56H50N6O8S2. The van der Waals surface area contributed by atoms with Crippen molar-refractivity contribution >= 4 is 50.8 Å². The van der Waals surface area contributed by atoms with Crippen LogP contribution in [0.1, 0.15) is 64.6 Å². The van der Waals surface area contributed by atoms with Crippen molar-refractivity contribution in [1.29, 1.82) is 0 Å². The van der Waals surface area contributed by atoms with Gasteiger partial charge in [0.1, 0.15) is 34.4 Å². The van der Waals surface area contributed by atoms with Gasteiger partial charge in [0.15, 0.2) is 28.4 Å². The first-order valence-electron chi connectivity index (χ1n) is 23.4. The van der Waals surface area contributed by atoms with E-state index in [0.717, 1.165) is 27.8 Å². The summed E-state index contributed by atoms with van der Waals surface area (Å²) in [6, 6.07) is 50.2. The molecule has 364 valence electrons. The van der Waals surface area contributed by atoms with Crippen molar-refractivity contribution in [1.82, 2.24) is 20.1 Å². The Morgan fingerprint density at radius 2 is 1.29 bits per heavy atom. The average Bonchev–Trinajstić information content (AvgIpc) is 4.03. The summed E-state index contributed by atoms with van der Waals surface area (Å²) in [5.74, 6) is -2.87. The Labute approximate surface area is 422 Å². The number of β-lactam (4-membered cyclic amide) rings is 1. The molecule has 6 aromatic carbocycles. The number of benzene rings is 6. The second-order valence-electron chi connectivity index (χ2n) is 18.0. The van der Waals surface area contributed by atoms with Crippen molar-refractivity contribution in [2.45, 2.75) is 56.1 Å². The summed E-state index contributed by atoms with van der Waals surface area (Å²) >= 11 is 1.26. The largest absolute Gasteiger partial charge is 0.504 e. The standard InChI is InChI=1S/C56H50N6O8S2/c1-35(2)70-60-47(44-33-71-55(57-44)59-56(41-22-12-5-13-23-41,42-24-14-6-15-25-42)43-26-16-7-17-27-43)51(65)58-48-52(66)62-49(54(67)69-50(36-18-8-3-9-19-36)37-20-10-4-11-21-37)40(34-72(68)53(48)62)32-61-30-38-28-45(63)46(64)29-39(38)31-61/h3-29,33,35,48,50,53,63-64H,30-32,34H2,1-2H3,(H,57,59)(H,58,65)/b60-47+/t48?,53-,72?/m1/s1.